The molecular weight excluding hydrogens is 364 g/mol. The molecule has 1 fully saturated rings. The summed E-state index contributed by atoms with van der Waals surface area (Å²) < 4.78 is 0. The highest BCUT2D eigenvalue weighted by atomic mass is 16.4. The van der Waals surface area contributed by atoms with E-state index in [1.165, 1.54) is 5.56 Å². The van der Waals surface area contributed by atoms with Crippen LogP contribution < -0.4 is 5.32 Å². The van der Waals surface area contributed by atoms with E-state index >= 15 is 0 Å². The number of nitrogens with zero attached hydrogens (tertiary/aromatic N) is 1. The number of hydrogen-bond donors (Lipinski definition) is 2. The van der Waals surface area contributed by atoms with E-state index < -0.39 is 5.97 Å². The third kappa shape index (κ3) is 7.02. The number of likely N-dealkylation sites (tertiary alicyclic amines) is 1. The van der Waals surface area contributed by atoms with E-state index in [1.807, 2.05) is 36.4 Å². The fourth-order valence-corrected chi connectivity index (χ4v) is 4.09. The van der Waals surface area contributed by atoms with Crippen molar-refractivity contribution in [2.45, 2.75) is 38.1 Å². The molecule has 2 aromatic rings. The fraction of sp³-hybridized carbons (Fsp3) is 0.417. The van der Waals surface area contributed by atoms with Gasteiger partial charge in [-0.3, -0.25) is 14.5 Å². The quantitative estimate of drug-likeness (QED) is 0.681. The Kier molecular flexibility index (Phi) is 7.82. The molecule has 2 atom stereocenters. The predicted molar refractivity (Wildman–Crippen MR) is 114 cm³/mol. The Morgan fingerprint density at radius 1 is 1.07 bits per heavy atom. The molecule has 5 nitrogen and oxygen atoms in total. The van der Waals surface area contributed by atoms with Crippen LogP contribution in [0.25, 0.3) is 0 Å². The molecule has 154 valence electrons. The Balaban J connectivity index is 1.58. The molecule has 1 aliphatic heterocycles. The van der Waals surface area contributed by atoms with Gasteiger partial charge in [-0.05, 0) is 49.3 Å². The lowest BCUT2D eigenvalue weighted by atomic mass is 9.93. The summed E-state index contributed by atoms with van der Waals surface area (Å²) in [6.07, 6.45) is 3.71. The first kappa shape index (κ1) is 21.1. The van der Waals surface area contributed by atoms with Crippen molar-refractivity contribution in [3.05, 3.63) is 71.8 Å². The van der Waals surface area contributed by atoms with Crippen LogP contribution in [0.5, 0.6) is 0 Å². The number of carbonyl (C=O) groups excluding carboxylic acids is 1. The van der Waals surface area contributed by atoms with E-state index in [4.69, 9.17) is 5.11 Å². The van der Waals surface area contributed by atoms with Crippen LogP contribution in [0.3, 0.4) is 0 Å². The number of amides is 1. The first-order valence-corrected chi connectivity index (χ1v) is 10.4. The maximum absolute atomic E-state index is 12.8. The van der Waals surface area contributed by atoms with Crippen LogP contribution in [0.1, 0.15) is 42.9 Å². The van der Waals surface area contributed by atoms with Crippen molar-refractivity contribution < 1.29 is 14.7 Å². The lowest BCUT2D eigenvalue weighted by Gasteiger charge is -2.32. The van der Waals surface area contributed by atoms with Gasteiger partial charge in [0.15, 0.2) is 0 Å². The number of benzene rings is 2. The lowest BCUT2D eigenvalue weighted by molar-refractivity contribution is -0.137. The van der Waals surface area contributed by atoms with Gasteiger partial charge in [-0.25, -0.2) is 0 Å². The van der Waals surface area contributed by atoms with Crippen molar-refractivity contribution >= 4 is 11.9 Å². The molecule has 29 heavy (non-hydrogen) atoms. The van der Waals surface area contributed by atoms with Gasteiger partial charge in [0, 0.05) is 13.0 Å². The molecule has 0 bridgehead atoms. The molecule has 1 amide bonds. The molecule has 0 aliphatic carbocycles. The van der Waals surface area contributed by atoms with Gasteiger partial charge in [-0.15, -0.1) is 0 Å². The molecule has 2 unspecified atom stereocenters. The predicted octanol–water partition coefficient (Wildman–Crippen LogP) is 3.66. The molecular formula is C24H30N2O3. The highest BCUT2D eigenvalue weighted by molar-refractivity contribution is 5.78. The largest absolute Gasteiger partial charge is 0.481 e. The van der Waals surface area contributed by atoms with Crippen molar-refractivity contribution in [3.8, 4) is 0 Å². The van der Waals surface area contributed by atoms with E-state index in [9.17, 15) is 9.59 Å². The second-order valence-corrected chi connectivity index (χ2v) is 7.90. The number of carbonyl (C=O) groups is 2. The van der Waals surface area contributed by atoms with Gasteiger partial charge >= 0.3 is 5.97 Å². The number of nitrogens with one attached hydrogen (secondary N) is 1. The first-order chi connectivity index (χ1) is 14.1. The van der Waals surface area contributed by atoms with Crippen LogP contribution in [-0.2, 0) is 16.0 Å². The Hall–Kier alpha value is -2.66. The molecule has 0 radical (unpaired) electrons. The number of carboxylic acids is 1. The Bertz CT molecular complexity index is 779. The topological polar surface area (TPSA) is 69.6 Å². The number of piperidine rings is 1. The second kappa shape index (κ2) is 10.8. The minimum absolute atomic E-state index is 0.0219. The van der Waals surface area contributed by atoms with Gasteiger partial charge in [0.1, 0.15) is 0 Å². The summed E-state index contributed by atoms with van der Waals surface area (Å²) in [6, 6.07) is 20.2. The van der Waals surface area contributed by atoms with E-state index in [1.54, 1.807) is 0 Å². The van der Waals surface area contributed by atoms with E-state index in [-0.39, 0.29) is 18.4 Å². The van der Waals surface area contributed by atoms with Gasteiger partial charge in [0.05, 0.1) is 12.6 Å². The van der Waals surface area contributed by atoms with Gasteiger partial charge < -0.3 is 10.4 Å². The standard InChI is InChI=1S/C24H30N2O3/c27-23(18-26-15-7-10-20(17-26)13-14-24(28)29)25-22(21-11-5-2-6-12-21)16-19-8-3-1-4-9-19/h1-6,8-9,11-12,20,22H,7,10,13-18H2,(H,25,27)(H,28,29). The average molecular weight is 395 g/mol. The zero-order chi connectivity index (χ0) is 20.5. The highest BCUT2D eigenvalue weighted by Crippen LogP contribution is 2.22. The average Bonchev–Trinajstić information content (AvgIpc) is 2.73. The van der Waals surface area contributed by atoms with Crippen LogP contribution in [0.4, 0.5) is 0 Å². The van der Waals surface area contributed by atoms with Crippen LogP contribution in [-0.4, -0.2) is 41.5 Å². The van der Waals surface area contributed by atoms with E-state index in [0.717, 1.165) is 37.9 Å². The zero-order valence-electron chi connectivity index (χ0n) is 16.8. The first-order valence-electron chi connectivity index (χ1n) is 10.4. The smallest absolute Gasteiger partial charge is 0.303 e. The maximum atomic E-state index is 12.8. The van der Waals surface area contributed by atoms with Gasteiger partial charge in [-0.2, -0.15) is 0 Å². The monoisotopic (exact) mass is 394 g/mol. The molecule has 1 saturated heterocycles. The summed E-state index contributed by atoms with van der Waals surface area (Å²) in [7, 11) is 0. The van der Waals surface area contributed by atoms with Crippen molar-refractivity contribution in [1.29, 1.82) is 0 Å². The molecule has 2 aromatic carbocycles. The van der Waals surface area contributed by atoms with Crippen molar-refractivity contribution in [2.24, 2.45) is 5.92 Å². The molecule has 1 heterocycles. The summed E-state index contributed by atoms with van der Waals surface area (Å²) in [5.74, 6) is -0.359. The number of rotatable bonds is 9. The highest BCUT2D eigenvalue weighted by Gasteiger charge is 2.23. The Morgan fingerprint density at radius 2 is 1.76 bits per heavy atom. The van der Waals surface area contributed by atoms with Gasteiger partial charge in [-0.1, -0.05) is 60.7 Å². The fourth-order valence-electron chi connectivity index (χ4n) is 4.09. The SMILES string of the molecule is O=C(O)CCC1CCCN(CC(=O)NC(Cc2ccccc2)c2ccccc2)C1. The van der Waals surface area contributed by atoms with Crippen molar-refractivity contribution in [3.63, 3.8) is 0 Å². The molecule has 0 aromatic heterocycles. The van der Waals surface area contributed by atoms with Crippen LogP contribution in [0.2, 0.25) is 0 Å². The molecule has 1 aliphatic rings. The molecule has 2 N–H and O–H groups in total. The number of aliphatic carboxylic acids is 1. The lowest BCUT2D eigenvalue weighted by Crippen LogP contribution is -2.43. The van der Waals surface area contributed by atoms with Crippen molar-refractivity contribution in [2.75, 3.05) is 19.6 Å². The second-order valence-electron chi connectivity index (χ2n) is 7.90. The molecule has 3 rings (SSSR count). The maximum Gasteiger partial charge on any atom is 0.303 e. The summed E-state index contributed by atoms with van der Waals surface area (Å²) in [4.78, 5) is 25.8. The van der Waals surface area contributed by atoms with E-state index in [0.29, 0.717) is 18.9 Å². The molecule has 0 saturated carbocycles. The van der Waals surface area contributed by atoms with Crippen LogP contribution in [0, 0.1) is 5.92 Å². The Morgan fingerprint density at radius 3 is 2.45 bits per heavy atom. The number of carboxylic acid groups (broad SMARTS) is 1. The van der Waals surface area contributed by atoms with Gasteiger partial charge in [0.25, 0.3) is 0 Å². The zero-order valence-corrected chi connectivity index (χ0v) is 16.8. The summed E-state index contributed by atoms with van der Waals surface area (Å²) in [5.41, 5.74) is 2.29. The van der Waals surface area contributed by atoms with Crippen LogP contribution >= 0.6 is 0 Å². The number of hydrogen-bond acceptors (Lipinski definition) is 3. The summed E-state index contributed by atoms with van der Waals surface area (Å²) in [6.45, 7) is 2.06. The Labute approximate surface area is 172 Å². The van der Waals surface area contributed by atoms with Crippen molar-refractivity contribution in [1.82, 2.24) is 10.2 Å². The molecule has 0 spiro atoms. The third-order valence-corrected chi connectivity index (χ3v) is 5.56. The van der Waals surface area contributed by atoms with Crippen LogP contribution in [0.15, 0.2) is 60.7 Å². The van der Waals surface area contributed by atoms with Gasteiger partial charge in [0.2, 0.25) is 5.91 Å². The summed E-state index contributed by atoms with van der Waals surface area (Å²) in [5, 5.41) is 12.1. The summed E-state index contributed by atoms with van der Waals surface area (Å²) >= 11 is 0. The third-order valence-electron chi connectivity index (χ3n) is 5.56. The minimum Gasteiger partial charge on any atom is -0.481 e. The minimum atomic E-state index is -0.744. The molecule has 5 heteroatoms. The van der Waals surface area contributed by atoms with E-state index in [2.05, 4.69) is 34.5 Å². The normalized spacial score (nSPS) is 18.1.